The average Bonchev–Trinajstić information content (AvgIpc) is 3.53. The smallest absolute Gasteiger partial charge is 0.0973 e. The fourth-order valence-corrected chi connectivity index (χ4v) is 8.42. The molecule has 0 atom stereocenters. The normalized spacial score (nSPS) is 11.8. The first kappa shape index (κ1) is 26.3. The van der Waals surface area contributed by atoms with Crippen LogP contribution in [0.2, 0.25) is 0 Å². The van der Waals surface area contributed by atoms with Crippen molar-refractivity contribution in [3.8, 4) is 33.6 Å². The lowest BCUT2D eigenvalue weighted by molar-refractivity contribution is 1.29. The number of para-hydroxylation sites is 2. The molecular weight excluding hydrogens is 589 g/mol. The molecule has 0 radical (unpaired) electrons. The molecule has 10 aromatic rings. The maximum absolute atomic E-state index is 5.23. The van der Waals surface area contributed by atoms with Gasteiger partial charge in [0, 0.05) is 31.3 Å². The van der Waals surface area contributed by atoms with Crippen LogP contribution in [-0.2, 0) is 0 Å². The van der Waals surface area contributed by atoms with E-state index in [9.17, 15) is 0 Å². The molecule has 0 spiro atoms. The molecule has 0 bridgehead atoms. The molecule has 3 heteroatoms. The van der Waals surface area contributed by atoms with Gasteiger partial charge in [-0.1, -0.05) is 127 Å². The number of nitrogens with zero attached hydrogens (tertiary/aromatic N) is 2. The van der Waals surface area contributed by atoms with Crippen molar-refractivity contribution < 1.29 is 0 Å². The second kappa shape index (κ2) is 10.3. The summed E-state index contributed by atoms with van der Waals surface area (Å²) < 4.78 is 2.62. The number of aromatic nitrogens is 2. The van der Waals surface area contributed by atoms with E-state index in [1.807, 2.05) is 41.7 Å². The van der Waals surface area contributed by atoms with Crippen molar-refractivity contribution in [1.82, 2.24) is 9.97 Å². The Bertz CT molecular complexity index is 2840. The van der Waals surface area contributed by atoms with Crippen LogP contribution in [0.15, 0.2) is 158 Å². The number of benzene rings is 8. The predicted octanol–water partition coefficient (Wildman–Crippen LogP) is 12.5. The summed E-state index contributed by atoms with van der Waals surface area (Å²) in [5.41, 5.74) is 8.20. The van der Waals surface area contributed by atoms with Crippen molar-refractivity contribution in [2.75, 3.05) is 0 Å². The Labute approximate surface area is 275 Å². The molecule has 0 aliphatic carbocycles. The van der Waals surface area contributed by atoms with E-state index in [2.05, 4.69) is 127 Å². The van der Waals surface area contributed by atoms with Crippen molar-refractivity contribution >= 4 is 74.9 Å². The maximum Gasteiger partial charge on any atom is 0.0973 e. The minimum atomic E-state index is 0.895. The maximum atomic E-state index is 5.23. The molecule has 218 valence electrons. The van der Waals surface area contributed by atoms with Crippen molar-refractivity contribution in [3.05, 3.63) is 158 Å². The zero-order valence-corrected chi connectivity index (χ0v) is 26.1. The van der Waals surface area contributed by atoms with Gasteiger partial charge in [0.15, 0.2) is 0 Å². The molecule has 10 rings (SSSR count). The second-order valence-electron chi connectivity index (χ2n) is 12.1. The van der Waals surface area contributed by atoms with Crippen molar-refractivity contribution in [2.24, 2.45) is 0 Å². The molecule has 0 saturated heterocycles. The van der Waals surface area contributed by atoms with Crippen LogP contribution in [-0.4, -0.2) is 9.97 Å². The Morgan fingerprint density at radius 2 is 0.872 bits per heavy atom. The van der Waals surface area contributed by atoms with Crippen LogP contribution in [0.3, 0.4) is 0 Å². The molecular formula is C44H26N2S. The van der Waals surface area contributed by atoms with E-state index in [-0.39, 0.29) is 0 Å². The molecule has 0 saturated carbocycles. The zero-order chi connectivity index (χ0) is 30.9. The summed E-state index contributed by atoms with van der Waals surface area (Å²) >= 11 is 1.88. The summed E-state index contributed by atoms with van der Waals surface area (Å²) in [6.07, 6.45) is 0. The third-order valence-corrected chi connectivity index (χ3v) is 10.6. The number of hydrogen-bond acceptors (Lipinski definition) is 3. The standard InChI is InChI=1S/C44H26N2S/c1-3-11-27(12-4-1)29-19-22-35-40(26-29)47-39-24-23-33-31-15-7-8-16-32(31)36-25-30(20-21-34(36)41(33)42(35)39)44-43(28-13-5-2-6-14-28)45-37-17-9-10-18-38(37)46-44/h1-26H. The van der Waals surface area contributed by atoms with Crippen LogP contribution >= 0.6 is 11.3 Å². The summed E-state index contributed by atoms with van der Waals surface area (Å²) in [5.74, 6) is 0. The minimum Gasteiger partial charge on any atom is -0.244 e. The average molecular weight is 615 g/mol. The molecule has 0 aliphatic heterocycles. The van der Waals surface area contributed by atoms with Gasteiger partial charge in [-0.15, -0.1) is 11.3 Å². The van der Waals surface area contributed by atoms with Gasteiger partial charge in [-0.2, -0.15) is 0 Å². The molecule has 8 aromatic carbocycles. The monoisotopic (exact) mass is 614 g/mol. The van der Waals surface area contributed by atoms with Gasteiger partial charge in [0.25, 0.3) is 0 Å². The summed E-state index contributed by atoms with van der Waals surface area (Å²) in [5, 5.41) is 10.2. The molecule has 2 aromatic heterocycles. The summed E-state index contributed by atoms with van der Waals surface area (Å²) in [7, 11) is 0. The molecule has 0 unspecified atom stereocenters. The first-order valence-corrected chi connectivity index (χ1v) is 16.7. The number of hydrogen-bond donors (Lipinski definition) is 0. The highest BCUT2D eigenvalue weighted by Gasteiger charge is 2.18. The minimum absolute atomic E-state index is 0.895. The first-order valence-electron chi connectivity index (χ1n) is 15.9. The SMILES string of the molecule is c1ccc(-c2ccc3c(c2)sc2ccc4c5ccccc5c5cc(-c6nc7ccccc7nc6-c6ccccc6)ccc5c4c23)cc1. The van der Waals surface area contributed by atoms with E-state index in [0.717, 1.165) is 33.5 Å². The molecule has 2 heterocycles. The Balaban J connectivity index is 1.28. The highest BCUT2D eigenvalue weighted by atomic mass is 32.1. The lowest BCUT2D eigenvalue weighted by Gasteiger charge is -2.15. The predicted molar refractivity (Wildman–Crippen MR) is 201 cm³/mol. The summed E-state index contributed by atoms with van der Waals surface area (Å²) in [6.45, 7) is 0. The summed E-state index contributed by atoms with van der Waals surface area (Å²) in [4.78, 5) is 10.4. The second-order valence-corrected chi connectivity index (χ2v) is 13.2. The molecule has 0 amide bonds. The van der Waals surface area contributed by atoms with E-state index in [1.54, 1.807) is 0 Å². The van der Waals surface area contributed by atoms with Gasteiger partial charge in [0.2, 0.25) is 0 Å². The highest BCUT2D eigenvalue weighted by molar-refractivity contribution is 7.26. The summed E-state index contributed by atoms with van der Waals surface area (Å²) in [6, 6.07) is 56.5. The van der Waals surface area contributed by atoms with Crippen LogP contribution in [0.1, 0.15) is 0 Å². The van der Waals surface area contributed by atoms with Gasteiger partial charge in [-0.25, -0.2) is 9.97 Å². The number of fused-ring (bicyclic) bond motifs is 11. The third kappa shape index (κ3) is 4.10. The largest absolute Gasteiger partial charge is 0.244 e. The van der Waals surface area contributed by atoms with Gasteiger partial charge >= 0.3 is 0 Å². The van der Waals surface area contributed by atoms with Crippen LogP contribution in [0, 0.1) is 0 Å². The van der Waals surface area contributed by atoms with E-state index < -0.39 is 0 Å². The fraction of sp³-hybridized carbons (Fsp3) is 0. The van der Waals surface area contributed by atoms with Crippen LogP contribution in [0.25, 0.3) is 97.2 Å². The lowest BCUT2D eigenvalue weighted by atomic mass is 9.90. The fourth-order valence-electron chi connectivity index (χ4n) is 7.27. The lowest BCUT2D eigenvalue weighted by Crippen LogP contribution is -1.95. The highest BCUT2D eigenvalue weighted by Crippen LogP contribution is 2.46. The zero-order valence-electron chi connectivity index (χ0n) is 25.3. The third-order valence-electron chi connectivity index (χ3n) is 9.43. The molecule has 0 N–H and O–H groups in total. The quantitative estimate of drug-likeness (QED) is 0.185. The van der Waals surface area contributed by atoms with Crippen LogP contribution < -0.4 is 0 Å². The molecule has 0 fully saturated rings. The topological polar surface area (TPSA) is 25.8 Å². The van der Waals surface area contributed by atoms with Crippen molar-refractivity contribution in [1.29, 1.82) is 0 Å². The van der Waals surface area contributed by atoms with Gasteiger partial charge < -0.3 is 0 Å². The Hall–Kier alpha value is -5.90. The van der Waals surface area contributed by atoms with Gasteiger partial charge in [0.05, 0.1) is 22.4 Å². The molecule has 0 aliphatic rings. The Kier molecular flexibility index (Phi) is 5.78. The van der Waals surface area contributed by atoms with Gasteiger partial charge in [0.1, 0.15) is 0 Å². The van der Waals surface area contributed by atoms with E-state index >= 15 is 0 Å². The van der Waals surface area contributed by atoms with Crippen LogP contribution in [0.4, 0.5) is 0 Å². The van der Waals surface area contributed by atoms with Gasteiger partial charge in [-0.3, -0.25) is 0 Å². The van der Waals surface area contributed by atoms with E-state index in [1.165, 1.54) is 63.6 Å². The number of thiophene rings is 1. The number of rotatable bonds is 3. The van der Waals surface area contributed by atoms with Gasteiger partial charge in [-0.05, 0) is 73.8 Å². The van der Waals surface area contributed by atoms with E-state index in [4.69, 9.17) is 9.97 Å². The van der Waals surface area contributed by atoms with Crippen LogP contribution in [0.5, 0.6) is 0 Å². The van der Waals surface area contributed by atoms with Crippen molar-refractivity contribution in [3.63, 3.8) is 0 Å². The molecule has 47 heavy (non-hydrogen) atoms. The first-order chi connectivity index (χ1) is 23.3. The Morgan fingerprint density at radius 3 is 1.62 bits per heavy atom. The van der Waals surface area contributed by atoms with E-state index in [0.29, 0.717) is 0 Å². The Morgan fingerprint density at radius 1 is 0.319 bits per heavy atom. The van der Waals surface area contributed by atoms with Crippen molar-refractivity contribution in [2.45, 2.75) is 0 Å². The molecule has 2 nitrogen and oxygen atoms in total.